The van der Waals surface area contributed by atoms with Gasteiger partial charge in [0, 0.05) is 30.1 Å². The average molecular weight is 400 g/mol. The summed E-state index contributed by atoms with van der Waals surface area (Å²) in [5.41, 5.74) is 1.06. The monoisotopic (exact) mass is 400 g/mol. The Morgan fingerprint density at radius 3 is 2.28 bits per heavy atom. The molecule has 0 aliphatic rings. The quantitative estimate of drug-likeness (QED) is 0.583. The van der Waals surface area contributed by atoms with Crippen LogP contribution in [-0.2, 0) is 19.1 Å². The van der Waals surface area contributed by atoms with Crippen molar-refractivity contribution in [2.24, 2.45) is 0 Å². The number of esters is 2. The number of hydrogen-bond donors (Lipinski definition) is 2. The molecule has 1 atom stereocenters. The molecule has 1 heterocycles. The summed E-state index contributed by atoms with van der Waals surface area (Å²) < 4.78 is 9.85. The van der Waals surface area contributed by atoms with Crippen molar-refractivity contribution in [3.8, 4) is 0 Å². The molecule has 0 fully saturated rings. The minimum absolute atomic E-state index is 0.00245. The van der Waals surface area contributed by atoms with Crippen molar-refractivity contribution in [2.75, 3.05) is 18.5 Å². The summed E-state index contributed by atoms with van der Waals surface area (Å²) in [4.78, 5) is 44.3. The van der Waals surface area contributed by atoms with Gasteiger partial charge in [0.15, 0.2) is 0 Å². The van der Waals surface area contributed by atoms with E-state index in [4.69, 9.17) is 9.47 Å². The fraction of sp³-hybridized carbons (Fsp3) is 0.350. The highest BCUT2D eigenvalue weighted by atomic mass is 16.5. The van der Waals surface area contributed by atoms with Crippen molar-refractivity contribution >= 4 is 29.5 Å². The van der Waals surface area contributed by atoms with Gasteiger partial charge in [0.25, 0.3) is 5.91 Å². The van der Waals surface area contributed by atoms with Gasteiger partial charge < -0.3 is 20.1 Å². The first-order valence-corrected chi connectivity index (χ1v) is 9.30. The Bertz CT molecular complexity index is 811. The van der Waals surface area contributed by atoms with Crippen LogP contribution in [0.1, 0.15) is 37.0 Å². The number of carbonyl (C=O) groups excluding carboxylic acids is 3. The van der Waals surface area contributed by atoms with Crippen LogP contribution < -0.4 is 10.6 Å². The summed E-state index contributed by atoms with van der Waals surface area (Å²) in [6, 6.07) is 7.37. The standard InChI is InChI=1S/C20H24N4O5/c1-3-28-17(25)11-10-16(19(27)29-4-2)24-18(26)14-6-8-15(9-7-14)23-20-21-12-5-13-22-20/h5-9,12-13,16H,3-4,10-11H2,1-2H3,(H,24,26)(H,21,22,23). The first-order valence-electron chi connectivity index (χ1n) is 9.30. The Morgan fingerprint density at radius 2 is 1.66 bits per heavy atom. The van der Waals surface area contributed by atoms with E-state index in [1.54, 1.807) is 56.6 Å². The first-order chi connectivity index (χ1) is 14.0. The lowest BCUT2D eigenvalue weighted by atomic mass is 10.1. The van der Waals surface area contributed by atoms with Gasteiger partial charge in [-0.3, -0.25) is 9.59 Å². The Balaban J connectivity index is 1.99. The highest BCUT2D eigenvalue weighted by Crippen LogP contribution is 2.14. The molecule has 1 aromatic carbocycles. The molecule has 9 heteroatoms. The molecule has 0 aliphatic carbocycles. The van der Waals surface area contributed by atoms with E-state index in [-0.39, 0.29) is 26.1 Å². The smallest absolute Gasteiger partial charge is 0.328 e. The highest BCUT2D eigenvalue weighted by Gasteiger charge is 2.24. The van der Waals surface area contributed by atoms with Crippen LogP contribution in [0.3, 0.4) is 0 Å². The molecule has 154 valence electrons. The van der Waals surface area contributed by atoms with Crippen molar-refractivity contribution in [2.45, 2.75) is 32.7 Å². The van der Waals surface area contributed by atoms with E-state index in [1.165, 1.54) is 0 Å². The Morgan fingerprint density at radius 1 is 1.00 bits per heavy atom. The molecule has 0 aliphatic heterocycles. The van der Waals surface area contributed by atoms with Gasteiger partial charge in [0.2, 0.25) is 5.95 Å². The second kappa shape index (κ2) is 11.4. The number of amides is 1. The van der Waals surface area contributed by atoms with Crippen molar-refractivity contribution in [3.05, 3.63) is 48.3 Å². The summed E-state index contributed by atoms with van der Waals surface area (Å²) in [6.07, 6.45) is 3.32. The summed E-state index contributed by atoms with van der Waals surface area (Å²) in [5.74, 6) is -1.04. The Hall–Kier alpha value is -3.49. The number of ether oxygens (including phenoxy) is 2. The predicted octanol–water partition coefficient (Wildman–Crippen LogP) is 2.22. The summed E-state index contributed by atoms with van der Waals surface area (Å²) in [7, 11) is 0. The van der Waals surface area contributed by atoms with Crippen LogP contribution >= 0.6 is 0 Å². The van der Waals surface area contributed by atoms with Gasteiger partial charge in [-0.05, 0) is 50.6 Å². The molecule has 2 rings (SSSR count). The summed E-state index contributed by atoms with van der Waals surface area (Å²) in [5, 5.41) is 5.63. The number of hydrogen-bond acceptors (Lipinski definition) is 8. The van der Waals surface area contributed by atoms with Gasteiger partial charge in [-0.15, -0.1) is 0 Å². The molecule has 29 heavy (non-hydrogen) atoms. The van der Waals surface area contributed by atoms with Crippen molar-refractivity contribution in [1.29, 1.82) is 0 Å². The van der Waals surface area contributed by atoms with Gasteiger partial charge in [0.05, 0.1) is 13.2 Å². The van der Waals surface area contributed by atoms with Gasteiger partial charge in [-0.2, -0.15) is 0 Å². The second-order valence-corrected chi connectivity index (χ2v) is 5.90. The first kappa shape index (κ1) is 21.8. The van der Waals surface area contributed by atoms with E-state index < -0.39 is 23.9 Å². The normalized spacial score (nSPS) is 11.2. The number of nitrogens with zero attached hydrogens (tertiary/aromatic N) is 2. The van der Waals surface area contributed by atoms with E-state index in [2.05, 4.69) is 20.6 Å². The minimum atomic E-state index is -0.942. The molecule has 1 aromatic heterocycles. The Labute approximate surface area is 168 Å². The number of aromatic nitrogens is 2. The molecular formula is C20H24N4O5. The lowest BCUT2D eigenvalue weighted by Crippen LogP contribution is -2.42. The molecule has 0 bridgehead atoms. The van der Waals surface area contributed by atoms with Gasteiger partial charge in [0.1, 0.15) is 6.04 Å². The second-order valence-electron chi connectivity index (χ2n) is 5.90. The third-order valence-corrected chi connectivity index (χ3v) is 3.79. The van der Waals surface area contributed by atoms with Gasteiger partial charge in [-0.25, -0.2) is 14.8 Å². The number of carbonyl (C=O) groups is 3. The number of nitrogens with one attached hydrogen (secondary N) is 2. The highest BCUT2D eigenvalue weighted by molar-refractivity contribution is 5.97. The van der Waals surface area contributed by atoms with E-state index in [0.29, 0.717) is 17.2 Å². The Kier molecular flexibility index (Phi) is 8.55. The fourth-order valence-corrected chi connectivity index (χ4v) is 2.43. The van der Waals surface area contributed by atoms with E-state index >= 15 is 0 Å². The molecule has 0 spiro atoms. The largest absolute Gasteiger partial charge is 0.466 e. The predicted molar refractivity (Wildman–Crippen MR) is 106 cm³/mol. The molecule has 0 saturated heterocycles. The maximum absolute atomic E-state index is 12.5. The van der Waals surface area contributed by atoms with Crippen LogP contribution in [0.5, 0.6) is 0 Å². The third-order valence-electron chi connectivity index (χ3n) is 3.79. The van der Waals surface area contributed by atoms with Crippen LogP contribution in [0, 0.1) is 0 Å². The zero-order valence-corrected chi connectivity index (χ0v) is 16.4. The SMILES string of the molecule is CCOC(=O)CCC(NC(=O)c1ccc(Nc2ncccn2)cc1)C(=O)OCC. The summed E-state index contributed by atoms with van der Waals surface area (Å²) in [6.45, 7) is 3.80. The molecular weight excluding hydrogens is 376 g/mol. The molecule has 9 nitrogen and oxygen atoms in total. The molecule has 0 radical (unpaired) electrons. The maximum atomic E-state index is 12.5. The molecule has 2 N–H and O–H groups in total. The van der Waals surface area contributed by atoms with E-state index in [1.807, 2.05) is 0 Å². The lowest BCUT2D eigenvalue weighted by Gasteiger charge is -2.17. The number of anilines is 2. The van der Waals surface area contributed by atoms with Crippen LogP contribution in [-0.4, -0.2) is 47.1 Å². The van der Waals surface area contributed by atoms with Crippen molar-refractivity contribution in [1.82, 2.24) is 15.3 Å². The molecule has 1 amide bonds. The van der Waals surface area contributed by atoms with Crippen molar-refractivity contribution < 1.29 is 23.9 Å². The number of benzene rings is 1. The topological polar surface area (TPSA) is 120 Å². The average Bonchev–Trinajstić information content (AvgIpc) is 2.72. The third kappa shape index (κ3) is 7.21. The maximum Gasteiger partial charge on any atom is 0.328 e. The summed E-state index contributed by atoms with van der Waals surface area (Å²) >= 11 is 0. The lowest BCUT2D eigenvalue weighted by molar-refractivity contribution is -0.146. The van der Waals surface area contributed by atoms with E-state index in [0.717, 1.165) is 0 Å². The van der Waals surface area contributed by atoms with Crippen LogP contribution in [0.25, 0.3) is 0 Å². The zero-order chi connectivity index (χ0) is 21.1. The fourth-order valence-electron chi connectivity index (χ4n) is 2.43. The molecule has 2 aromatic rings. The zero-order valence-electron chi connectivity index (χ0n) is 16.4. The molecule has 1 unspecified atom stereocenters. The van der Waals surface area contributed by atoms with Crippen LogP contribution in [0.15, 0.2) is 42.7 Å². The van der Waals surface area contributed by atoms with Crippen molar-refractivity contribution in [3.63, 3.8) is 0 Å². The van der Waals surface area contributed by atoms with Gasteiger partial charge >= 0.3 is 11.9 Å². The molecule has 0 saturated carbocycles. The number of rotatable bonds is 10. The van der Waals surface area contributed by atoms with E-state index in [9.17, 15) is 14.4 Å². The minimum Gasteiger partial charge on any atom is -0.466 e. The van der Waals surface area contributed by atoms with Crippen LogP contribution in [0.4, 0.5) is 11.6 Å². The van der Waals surface area contributed by atoms with Gasteiger partial charge in [-0.1, -0.05) is 0 Å². The van der Waals surface area contributed by atoms with Crippen LogP contribution in [0.2, 0.25) is 0 Å².